The molecule has 0 spiro atoms. The van der Waals surface area contributed by atoms with Crippen LogP contribution in [-0.4, -0.2) is 35.7 Å². The van der Waals surface area contributed by atoms with Gasteiger partial charge in [0.05, 0.1) is 29.7 Å². The van der Waals surface area contributed by atoms with Crippen molar-refractivity contribution in [2.45, 2.75) is 33.4 Å². The van der Waals surface area contributed by atoms with Crippen molar-refractivity contribution < 1.29 is 14.5 Å². The average Bonchev–Trinajstić information content (AvgIpc) is 3.32. The number of benzene rings is 1. The third-order valence-corrected chi connectivity index (χ3v) is 5.60. The zero-order chi connectivity index (χ0) is 21.2. The molecule has 4 heterocycles. The van der Waals surface area contributed by atoms with Gasteiger partial charge < -0.3 is 9.67 Å². The number of aromatic carboxylic acids is 1. The maximum absolute atomic E-state index is 12.5. The van der Waals surface area contributed by atoms with Crippen LogP contribution in [0, 0.1) is 5.41 Å². The smallest absolute Gasteiger partial charge is 0.341 e. The molecule has 1 aliphatic heterocycles. The molecule has 1 N–H and O–H groups in total. The Balaban J connectivity index is 1.75. The topological polar surface area (TPSA) is 116 Å². The van der Waals surface area contributed by atoms with Crippen molar-refractivity contribution in [2.24, 2.45) is 5.41 Å². The van der Waals surface area contributed by atoms with Crippen LogP contribution < -0.4 is 5.43 Å². The lowest BCUT2D eigenvalue weighted by Crippen LogP contribution is -2.35. The minimum absolute atomic E-state index is 0.0871. The minimum atomic E-state index is -1.23. The molecule has 0 radical (unpaired) electrons. The molecule has 152 valence electrons. The standard InChI is InChI=1S/C21H19N5O4/c1-21(2,3)18-10-26-16(15-8-17(27)12(20(28)29)9-25(15)18)7-14(22-26)11-5-4-6-13-19(11)24-30-23-13/h4-9,18H,10H2,1-3H3,(H,28,29)/t18-/m0/s1. The molecular weight excluding hydrogens is 386 g/mol. The molecule has 9 heteroatoms. The Morgan fingerprint density at radius 1 is 1.20 bits per heavy atom. The number of hydrogen-bond acceptors (Lipinski definition) is 6. The van der Waals surface area contributed by atoms with Gasteiger partial charge in [-0.1, -0.05) is 32.9 Å². The van der Waals surface area contributed by atoms with E-state index in [1.165, 1.54) is 12.3 Å². The summed E-state index contributed by atoms with van der Waals surface area (Å²) < 4.78 is 8.62. The number of carbonyl (C=O) groups is 1. The molecule has 0 saturated carbocycles. The summed E-state index contributed by atoms with van der Waals surface area (Å²) in [4.78, 5) is 24.0. The molecule has 1 aliphatic rings. The van der Waals surface area contributed by atoms with Gasteiger partial charge in [0.25, 0.3) is 0 Å². The number of nitrogens with zero attached hydrogens (tertiary/aromatic N) is 5. The van der Waals surface area contributed by atoms with Crippen LogP contribution in [0.15, 0.2) is 46.0 Å². The van der Waals surface area contributed by atoms with Crippen LogP contribution in [0.5, 0.6) is 0 Å². The van der Waals surface area contributed by atoms with Crippen molar-refractivity contribution in [3.05, 3.63) is 52.3 Å². The highest BCUT2D eigenvalue weighted by Crippen LogP contribution is 2.40. The van der Waals surface area contributed by atoms with Crippen LogP contribution in [0.25, 0.3) is 33.7 Å². The van der Waals surface area contributed by atoms with E-state index in [-0.39, 0.29) is 17.0 Å². The highest BCUT2D eigenvalue weighted by Gasteiger charge is 2.34. The second kappa shape index (κ2) is 6.12. The molecule has 0 aliphatic carbocycles. The van der Waals surface area contributed by atoms with E-state index in [4.69, 9.17) is 9.73 Å². The van der Waals surface area contributed by atoms with Crippen LogP contribution in [0.1, 0.15) is 37.2 Å². The first kappa shape index (κ1) is 18.3. The van der Waals surface area contributed by atoms with E-state index >= 15 is 0 Å². The highest BCUT2D eigenvalue weighted by atomic mass is 16.6. The lowest BCUT2D eigenvalue weighted by molar-refractivity contribution is 0.0693. The van der Waals surface area contributed by atoms with Gasteiger partial charge in [-0.3, -0.25) is 9.48 Å². The number of aromatic nitrogens is 5. The van der Waals surface area contributed by atoms with Crippen LogP contribution in [0.2, 0.25) is 0 Å². The second-order valence-electron chi connectivity index (χ2n) is 8.57. The number of rotatable bonds is 2. The Morgan fingerprint density at radius 3 is 2.73 bits per heavy atom. The van der Waals surface area contributed by atoms with Crippen LogP contribution in [0.4, 0.5) is 0 Å². The maximum atomic E-state index is 12.5. The van der Waals surface area contributed by atoms with Gasteiger partial charge in [-0.25, -0.2) is 9.42 Å². The van der Waals surface area contributed by atoms with Crippen molar-refractivity contribution >= 4 is 17.0 Å². The number of carboxylic acids is 1. The molecule has 5 rings (SSSR count). The normalized spacial score (nSPS) is 15.8. The number of carboxylic acid groups (broad SMARTS) is 1. The van der Waals surface area contributed by atoms with Gasteiger partial charge in [-0.2, -0.15) is 5.10 Å². The molecular formula is C21H19N5O4. The second-order valence-corrected chi connectivity index (χ2v) is 8.57. The molecule has 4 aromatic rings. The Hall–Kier alpha value is -3.75. The summed E-state index contributed by atoms with van der Waals surface area (Å²) in [5, 5.41) is 22.1. The monoisotopic (exact) mass is 405 g/mol. The summed E-state index contributed by atoms with van der Waals surface area (Å²) in [7, 11) is 0. The maximum Gasteiger partial charge on any atom is 0.341 e. The molecule has 0 amide bonds. The Labute approximate surface area is 170 Å². The molecule has 0 fully saturated rings. The molecule has 0 bridgehead atoms. The SMILES string of the molecule is CC(C)(C)[C@@H]1Cn2nc(-c3cccc4nonc34)cc2-c2cc(=O)c(C(=O)O)cn21. The third kappa shape index (κ3) is 2.66. The number of fused-ring (bicyclic) bond motifs is 4. The first-order valence-electron chi connectivity index (χ1n) is 9.53. The van der Waals surface area contributed by atoms with Crippen LogP contribution in [0.3, 0.4) is 0 Å². The van der Waals surface area contributed by atoms with E-state index in [1.54, 1.807) is 0 Å². The van der Waals surface area contributed by atoms with Gasteiger partial charge in [0, 0.05) is 17.8 Å². The Morgan fingerprint density at radius 2 is 2.00 bits per heavy atom. The van der Waals surface area contributed by atoms with Gasteiger partial charge in [0.2, 0.25) is 0 Å². The Kier molecular flexibility index (Phi) is 3.73. The zero-order valence-corrected chi connectivity index (χ0v) is 16.7. The predicted molar refractivity (Wildman–Crippen MR) is 108 cm³/mol. The summed E-state index contributed by atoms with van der Waals surface area (Å²) in [5.41, 5.74) is 3.13. The summed E-state index contributed by atoms with van der Waals surface area (Å²) in [6, 6.07) is 8.74. The predicted octanol–water partition coefficient (Wildman–Crippen LogP) is 3.21. The van der Waals surface area contributed by atoms with Crippen molar-refractivity contribution in [1.29, 1.82) is 0 Å². The van der Waals surface area contributed by atoms with E-state index in [0.717, 1.165) is 11.3 Å². The molecule has 0 saturated heterocycles. The first-order valence-corrected chi connectivity index (χ1v) is 9.53. The lowest BCUT2D eigenvalue weighted by Gasteiger charge is -2.38. The molecule has 1 atom stereocenters. The van der Waals surface area contributed by atoms with Crippen molar-refractivity contribution in [2.75, 3.05) is 0 Å². The average molecular weight is 405 g/mol. The summed E-state index contributed by atoms with van der Waals surface area (Å²) in [6.45, 7) is 6.78. The highest BCUT2D eigenvalue weighted by molar-refractivity contribution is 5.91. The molecule has 0 unspecified atom stereocenters. The summed E-state index contributed by atoms with van der Waals surface area (Å²) >= 11 is 0. The largest absolute Gasteiger partial charge is 0.477 e. The molecule has 9 nitrogen and oxygen atoms in total. The first-order chi connectivity index (χ1) is 14.2. The fourth-order valence-electron chi connectivity index (χ4n) is 4.02. The number of hydrogen-bond donors (Lipinski definition) is 1. The van der Waals surface area contributed by atoms with Gasteiger partial charge in [-0.05, 0) is 27.9 Å². The quantitative estimate of drug-likeness (QED) is 0.544. The van der Waals surface area contributed by atoms with E-state index < -0.39 is 11.4 Å². The van der Waals surface area contributed by atoms with E-state index in [1.807, 2.05) is 33.5 Å². The molecule has 30 heavy (non-hydrogen) atoms. The zero-order valence-electron chi connectivity index (χ0n) is 16.7. The van der Waals surface area contributed by atoms with Gasteiger partial charge in [-0.15, -0.1) is 0 Å². The molecule has 1 aromatic carbocycles. The van der Waals surface area contributed by atoms with Crippen molar-refractivity contribution in [1.82, 2.24) is 24.7 Å². The van der Waals surface area contributed by atoms with Gasteiger partial charge in [0.15, 0.2) is 5.43 Å². The Bertz CT molecular complexity index is 1370. The van der Waals surface area contributed by atoms with Gasteiger partial charge in [0.1, 0.15) is 16.6 Å². The third-order valence-electron chi connectivity index (χ3n) is 5.60. The van der Waals surface area contributed by atoms with Crippen LogP contribution in [-0.2, 0) is 6.54 Å². The number of pyridine rings is 1. The van der Waals surface area contributed by atoms with E-state index in [9.17, 15) is 14.7 Å². The van der Waals surface area contributed by atoms with Gasteiger partial charge >= 0.3 is 5.97 Å². The summed E-state index contributed by atoms with van der Waals surface area (Å²) in [5.74, 6) is -1.23. The molecule has 3 aromatic heterocycles. The lowest BCUT2D eigenvalue weighted by atomic mass is 9.85. The fraction of sp³-hybridized carbons (Fsp3) is 0.286. The van der Waals surface area contributed by atoms with Crippen molar-refractivity contribution in [3.8, 4) is 22.6 Å². The fourth-order valence-corrected chi connectivity index (χ4v) is 4.02. The van der Waals surface area contributed by atoms with E-state index in [0.29, 0.717) is 29.0 Å². The van der Waals surface area contributed by atoms with Crippen molar-refractivity contribution in [3.63, 3.8) is 0 Å². The van der Waals surface area contributed by atoms with E-state index in [2.05, 4.69) is 31.1 Å². The summed E-state index contributed by atoms with van der Waals surface area (Å²) in [6.07, 6.45) is 1.45. The van der Waals surface area contributed by atoms with Crippen LogP contribution >= 0.6 is 0 Å². The minimum Gasteiger partial charge on any atom is -0.477 e.